The number of benzene rings is 1. The molecule has 0 aliphatic carbocycles. The molecule has 1 heterocycles. The minimum Gasteiger partial charge on any atom is -0.308 e. The molecule has 1 fully saturated rings. The highest BCUT2D eigenvalue weighted by Gasteiger charge is 2.17. The van der Waals surface area contributed by atoms with Crippen molar-refractivity contribution in [2.45, 2.75) is 6.54 Å². The van der Waals surface area contributed by atoms with E-state index in [0.29, 0.717) is 6.54 Å². The van der Waals surface area contributed by atoms with Crippen LogP contribution in [0.25, 0.3) is 0 Å². The zero-order chi connectivity index (χ0) is 14.5. The van der Waals surface area contributed by atoms with Gasteiger partial charge in [0.2, 0.25) is 0 Å². The molecule has 0 N–H and O–H groups in total. The minimum absolute atomic E-state index is 0.116. The molecule has 0 unspecified atom stereocenters. The number of likely N-dealkylation sites (N-methyl/N-ethyl adjacent to an activating group) is 1. The van der Waals surface area contributed by atoms with Gasteiger partial charge < -0.3 is 4.90 Å². The second kappa shape index (κ2) is 7.50. The van der Waals surface area contributed by atoms with Gasteiger partial charge in [0, 0.05) is 55.8 Å². The molecule has 0 bridgehead atoms. The summed E-state index contributed by atoms with van der Waals surface area (Å²) >= 11 is 3.29. The highest BCUT2D eigenvalue weighted by atomic mass is 79.9. The molecular formula is C15H23BrFN3. The molecule has 1 saturated heterocycles. The Labute approximate surface area is 129 Å². The largest absolute Gasteiger partial charge is 0.308 e. The zero-order valence-corrected chi connectivity index (χ0v) is 13.9. The third-order valence-electron chi connectivity index (χ3n) is 3.74. The normalized spacial score (nSPS) is 17.9. The van der Waals surface area contributed by atoms with Gasteiger partial charge in [-0.05, 0) is 26.2 Å². The Morgan fingerprint density at radius 2 is 1.80 bits per heavy atom. The van der Waals surface area contributed by atoms with Gasteiger partial charge in [-0.2, -0.15) is 0 Å². The van der Waals surface area contributed by atoms with Crippen molar-refractivity contribution in [1.29, 1.82) is 0 Å². The maximum absolute atomic E-state index is 13.8. The van der Waals surface area contributed by atoms with Crippen LogP contribution in [-0.4, -0.2) is 68.1 Å². The van der Waals surface area contributed by atoms with E-state index in [1.165, 1.54) is 0 Å². The molecular weight excluding hydrogens is 321 g/mol. The molecule has 1 aromatic carbocycles. The molecule has 0 saturated carbocycles. The van der Waals surface area contributed by atoms with Crippen LogP contribution in [-0.2, 0) is 6.54 Å². The lowest BCUT2D eigenvalue weighted by molar-refractivity contribution is 0.119. The molecule has 0 spiro atoms. The first-order valence-electron chi connectivity index (χ1n) is 7.08. The van der Waals surface area contributed by atoms with E-state index in [4.69, 9.17) is 0 Å². The molecule has 20 heavy (non-hydrogen) atoms. The second-order valence-corrected chi connectivity index (χ2v) is 6.57. The van der Waals surface area contributed by atoms with Crippen LogP contribution in [0.4, 0.5) is 4.39 Å². The quantitative estimate of drug-likeness (QED) is 0.811. The third kappa shape index (κ3) is 4.81. The van der Waals surface area contributed by atoms with Gasteiger partial charge in [-0.3, -0.25) is 9.80 Å². The predicted octanol–water partition coefficient (Wildman–Crippen LogP) is 2.27. The summed E-state index contributed by atoms with van der Waals surface area (Å²) in [6.45, 7) is 7.11. The fraction of sp³-hybridized carbons (Fsp3) is 0.600. The van der Waals surface area contributed by atoms with Crippen LogP contribution < -0.4 is 0 Å². The summed E-state index contributed by atoms with van der Waals surface area (Å²) in [4.78, 5) is 7.02. The highest BCUT2D eigenvalue weighted by molar-refractivity contribution is 9.10. The van der Waals surface area contributed by atoms with Crippen LogP contribution >= 0.6 is 15.9 Å². The molecule has 112 valence electrons. The van der Waals surface area contributed by atoms with Crippen molar-refractivity contribution in [2.24, 2.45) is 0 Å². The average Bonchev–Trinajstić information content (AvgIpc) is 2.41. The first-order valence-corrected chi connectivity index (χ1v) is 7.87. The van der Waals surface area contributed by atoms with Crippen molar-refractivity contribution in [1.82, 2.24) is 14.7 Å². The number of rotatable bonds is 5. The summed E-state index contributed by atoms with van der Waals surface area (Å²) < 4.78 is 14.6. The van der Waals surface area contributed by atoms with Crippen LogP contribution in [0.15, 0.2) is 22.7 Å². The summed E-state index contributed by atoms with van der Waals surface area (Å²) in [5.41, 5.74) is 0.787. The Kier molecular flexibility index (Phi) is 5.96. The van der Waals surface area contributed by atoms with Gasteiger partial charge in [-0.1, -0.05) is 22.0 Å². The van der Waals surface area contributed by atoms with Crippen molar-refractivity contribution in [2.75, 3.05) is 53.4 Å². The first kappa shape index (κ1) is 15.9. The van der Waals surface area contributed by atoms with Gasteiger partial charge >= 0.3 is 0 Å². The van der Waals surface area contributed by atoms with Gasteiger partial charge in [0.15, 0.2) is 0 Å². The van der Waals surface area contributed by atoms with E-state index in [0.717, 1.165) is 49.3 Å². The molecule has 0 amide bonds. The topological polar surface area (TPSA) is 9.72 Å². The van der Waals surface area contributed by atoms with Crippen LogP contribution in [0.5, 0.6) is 0 Å². The molecule has 5 heteroatoms. The van der Waals surface area contributed by atoms with Crippen molar-refractivity contribution in [3.63, 3.8) is 0 Å². The van der Waals surface area contributed by atoms with Gasteiger partial charge in [-0.15, -0.1) is 0 Å². The standard InChI is InChI=1S/C15H23BrFN3/c1-18(2)5-6-19-7-9-20(10-8-19)12-13-3-4-14(16)11-15(13)17/h3-4,11H,5-10,12H2,1-2H3. The third-order valence-corrected chi connectivity index (χ3v) is 4.23. The molecule has 0 radical (unpaired) electrons. The lowest BCUT2D eigenvalue weighted by Crippen LogP contribution is -2.47. The van der Waals surface area contributed by atoms with E-state index in [-0.39, 0.29) is 5.82 Å². The van der Waals surface area contributed by atoms with E-state index in [1.54, 1.807) is 6.07 Å². The minimum atomic E-state index is -0.116. The number of halogens is 2. The predicted molar refractivity (Wildman–Crippen MR) is 84.4 cm³/mol. The van der Waals surface area contributed by atoms with Crippen molar-refractivity contribution >= 4 is 15.9 Å². The lowest BCUT2D eigenvalue weighted by atomic mass is 10.2. The molecule has 1 aromatic rings. The summed E-state index contributed by atoms with van der Waals surface area (Å²) in [7, 11) is 4.21. The van der Waals surface area contributed by atoms with E-state index in [2.05, 4.69) is 44.7 Å². The number of piperazine rings is 1. The Morgan fingerprint density at radius 3 is 2.40 bits per heavy atom. The lowest BCUT2D eigenvalue weighted by Gasteiger charge is -2.35. The Balaban J connectivity index is 1.79. The van der Waals surface area contributed by atoms with E-state index in [9.17, 15) is 4.39 Å². The molecule has 1 aliphatic rings. The van der Waals surface area contributed by atoms with Gasteiger partial charge in [0.1, 0.15) is 5.82 Å². The smallest absolute Gasteiger partial charge is 0.128 e. The van der Waals surface area contributed by atoms with Crippen LogP contribution in [0, 0.1) is 5.82 Å². The van der Waals surface area contributed by atoms with Crippen molar-refractivity contribution < 1.29 is 4.39 Å². The summed E-state index contributed by atoms with van der Waals surface area (Å²) in [5, 5.41) is 0. The van der Waals surface area contributed by atoms with Gasteiger partial charge in [0.25, 0.3) is 0 Å². The molecule has 3 nitrogen and oxygen atoms in total. The molecule has 2 rings (SSSR count). The monoisotopic (exact) mass is 343 g/mol. The Bertz CT molecular complexity index is 431. The number of nitrogens with zero attached hydrogens (tertiary/aromatic N) is 3. The molecule has 0 aromatic heterocycles. The fourth-order valence-corrected chi connectivity index (χ4v) is 2.74. The summed E-state index contributed by atoms with van der Waals surface area (Å²) in [6.07, 6.45) is 0. The molecule has 1 aliphatic heterocycles. The Morgan fingerprint density at radius 1 is 1.15 bits per heavy atom. The van der Waals surface area contributed by atoms with E-state index >= 15 is 0 Å². The summed E-state index contributed by atoms with van der Waals surface area (Å²) in [6, 6.07) is 5.33. The van der Waals surface area contributed by atoms with Crippen LogP contribution in [0.2, 0.25) is 0 Å². The zero-order valence-electron chi connectivity index (χ0n) is 12.3. The van der Waals surface area contributed by atoms with Gasteiger partial charge in [-0.25, -0.2) is 4.39 Å². The van der Waals surface area contributed by atoms with E-state index in [1.807, 2.05) is 12.1 Å². The van der Waals surface area contributed by atoms with Crippen molar-refractivity contribution in [3.8, 4) is 0 Å². The number of hydrogen-bond acceptors (Lipinski definition) is 3. The maximum atomic E-state index is 13.8. The Hall–Kier alpha value is -0.490. The molecule has 0 atom stereocenters. The number of hydrogen-bond donors (Lipinski definition) is 0. The highest BCUT2D eigenvalue weighted by Crippen LogP contribution is 2.17. The van der Waals surface area contributed by atoms with Crippen molar-refractivity contribution in [3.05, 3.63) is 34.1 Å². The first-order chi connectivity index (χ1) is 9.54. The van der Waals surface area contributed by atoms with Gasteiger partial charge in [0.05, 0.1) is 0 Å². The van der Waals surface area contributed by atoms with E-state index < -0.39 is 0 Å². The average molecular weight is 344 g/mol. The van der Waals surface area contributed by atoms with Crippen LogP contribution in [0.1, 0.15) is 5.56 Å². The fourth-order valence-electron chi connectivity index (χ4n) is 2.40. The summed E-state index contributed by atoms with van der Waals surface area (Å²) in [5.74, 6) is -0.116. The maximum Gasteiger partial charge on any atom is 0.128 e. The van der Waals surface area contributed by atoms with Crippen LogP contribution in [0.3, 0.4) is 0 Å². The second-order valence-electron chi connectivity index (χ2n) is 5.66. The SMILES string of the molecule is CN(C)CCN1CCN(Cc2ccc(Br)cc2F)CC1.